The Morgan fingerprint density at radius 1 is 1.50 bits per heavy atom. The summed E-state index contributed by atoms with van der Waals surface area (Å²) in [5.74, 6) is -0.734. The molecule has 1 aliphatic rings. The van der Waals surface area contributed by atoms with Crippen molar-refractivity contribution < 1.29 is 19.4 Å². The number of thiophene rings is 1. The number of carbonyl (C=O) groups excluding carboxylic acids is 2. The number of Topliss-reactive ketones (excluding diaryl/α,β-unsaturated/α-hetero) is 1. The van der Waals surface area contributed by atoms with Crippen molar-refractivity contribution in [3.05, 3.63) is 10.4 Å². The van der Waals surface area contributed by atoms with Crippen LogP contribution in [-0.2, 0) is 4.74 Å². The Morgan fingerprint density at radius 3 is 2.75 bits per heavy atom. The van der Waals surface area contributed by atoms with Crippen molar-refractivity contribution in [3.63, 3.8) is 0 Å². The molecule has 110 valence electrons. The molecule has 1 fully saturated rings. The number of piperidine rings is 1. The highest BCUT2D eigenvalue weighted by Gasteiger charge is 2.30. The first-order valence-electron chi connectivity index (χ1n) is 6.40. The highest BCUT2D eigenvalue weighted by atomic mass is 32.1. The molecule has 6 nitrogen and oxygen atoms in total. The van der Waals surface area contributed by atoms with Gasteiger partial charge in [-0.2, -0.15) is 0 Å². The molecule has 20 heavy (non-hydrogen) atoms. The van der Waals surface area contributed by atoms with E-state index in [0.29, 0.717) is 16.4 Å². The molecule has 1 unspecified atom stereocenters. The predicted molar refractivity (Wildman–Crippen MR) is 77.5 cm³/mol. The number of esters is 1. The van der Waals surface area contributed by atoms with Gasteiger partial charge in [0.05, 0.1) is 23.8 Å². The van der Waals surface area contributed by atoms with Crippen LogP contribution in [0, 0.1) is 0 Å². The van der Waals surface area contributed by atoms with E-state index in [-0.39, 0.29) is 17.0 Å². The van der Waals surface area contributed by atoms with Gasteiger partial charge in [-0.1, -0.05) is 0 Å². The third kappa shape index (κ3) is 2.64. The van der Waals surface area contributed by atoms with Crippen LogP contribution < -0.4 is 10.6 Å². The summed E-state index contributed by atoms with van der Waals surface area (Å²) in [5, 5.41) is 10.4. The topological polar surface area (TPSA) is 92.9 Å². The first-order chi connectivity index (χ1) is 9.45. The van der Waals surface area contributed by atoms with Crippen LogP contribution >= 0.6 is 11.3 Å². The van der Waals surface area contributed by atoms with Crippen LogP contribution in [0.25, 0.3) is 0 Å². The summed E-state index contributed by atoms with van der Waals surface area (Å²) < 4.78 is 4.76. The molecule has 2 rings (SSSR count). The van der Waals surface area contributed by atoms with E-state index in [9.17, 15) is 14.7 Å². The summed E-state index contributed by atoms with van der Waals surface area (Å²) in [6.45, 7) is 2.57. The van der Waals surface area contributed by atoms with Gasteiger partial charge in [0.2, 0.25) is 0 Å². The lowest BCUT2D eigenvalue weighted by Gasteiger charge is -2.31. The monoisotopic (exact) mass is 298 g/mol. The number of nitrogens with two attached hydrogens (primary N) is 1. The van der Waals surface area contributed by atoms with Gasteiger partial charge in [-0.05, 0) is 12.8 Å². The molecule has 1 saturated heterocycles. The van der Waals surface area contributed by atoms with E-state index >= 15 is 0 Å². The summed E-state index contributed by atoms with van der Waals surface area (Å²) in [4.78, 5) is 25.8. The number of methoxy groups -OCH3 is 1. The lowest BCUT2D eigenvalue weighted by molar-refractivity contribution is 0.0602. The number of nitrogens with zero attached hydrogens (tertiary/aromatic N) is 1. The van der Waals surface area contributed by atoms with Crippen LogP contribution in [0.4, 0.5) is 10.7 Å². The minimum Gasteiger partial charge on any atom is -0.465 e. The van der Waals surface area contributed by atoms with Gasteiger partial charge in [-0.15, -0.1) is 11.3 Å². The molecule has 0 amide bonds. The molecule has 2 heterocycles. The molecule has 0 bridgehead atoms. The van der Waals surface area contributed by atoms with Crippen LogP contribution in [-0.4, -0.2) is 43.2 Å². The molecule has 1 aromatic heterocycles. The Hall–Kier alpha value is -1.60. The fraction of sp³-hybridized carbons (Fsp3) is 0.538. The predicted octanol–water partition coefficient (Wildman–Crippen LogP) is 1.28. The molecule has 3 N–H and O–H groups in total. The Labute approximate surface area is 121 Å². The van der Waals surface area contributed by atoms with E-state index in [2.05, 4.69) is 0 Å². The lowest BCUT2D eigenvalue weighted by Crippen LogP contribution is -2.38. The van der Waals surface area contributed by atoms with Gasteiger partial charge in [0, 0.05) is 20.0 Å². The maximum atomic E-state index is 11.9. The number of carbonyl (C=O) groups is 2. The number of anilines is 2. The van der Waals surface area contributed by atoms with Crippen molar-refractivity contribution in [2.75, 3.05) is 30.8 Å². The molecule has 0 aliphatic carbocycles. The zero-order valence-electron chi connectivity index (χ0n) is 11.5. The Balaban J connectivity index is 2.47. The zero-order chi connectivity index (χ0) is 14.9. The standard InChI is InChI=1S/C13H18N2O4S/c1-7(16)11-10(14)9(13(18)19-2)12(20-11)15-5-3-4-8(17)6-15/h8,17H,3-6,14H2,1-2H3. The fourth-order valence-corrected chi connectivity index (χ4v) is 3.49. The van der Waals surface area contributed by atoms with Crippen LogP contribution in [0.2, 0.25) is 0 Å². The SMILES string of the molecule is COC(=O)c1c(N2CCCC(O)C2)sc(C(C)=O)c1N. The smallest absolute Gasteiger partial charge is 0.343 e. The molecule has 1 aromatic rings. The third-order valence-corrected chi connectivity index (χ3v) is 4.69. The molecule has 0 aromatic carbocycles. The van der Waals surface area contributed by atoms with Crippen molar-refractivity contribution in [1.29, 1.82) is 0 Å². The molecule has 1 aliphatic heterocycles. The van der Waals surface area contributed by atoms with Gasteiger partial charge in [0.15, 0.2) is 5.78 Å². The second-order valence-corrected chi connectivity index (χ2v) is 5.81. The van der Waals surface area contributed by atoms with Gasteiger partial charge in [0.25, 0.3) is 0 Å². The second-order valence-electron chi connectivity index (χ2n) is 4.81. The number of hydrogen-bond acceptors (Lipinski definition) is 7. The van der Waals surface area contributed by atoms with Crippen molar-refractivity contribution in [1.82, 2.24) is 0 Å². The van der Waals surface area contributed by atoms with Gasteiger partial charge in [-0.3, -0.25) is 4.79 Å². The fourth-order valence-electron chi connectivity index (χ4n) is 2.35. The van der Waals surface area contributed by atoms with Crippen molar-refractivity contribution in [3.8, 4) is 0 Å². The number of ether oxygens (including phenoxy) is 1. The molecular weight excluding hydrogens is 280 g/mol. The van der Waals surface area contributed by atoms with Crippen molar-refractivity contribution in [2.24, 2.45) is 0 Å². The number of rotatable bonds is 3. The van der Waals surface area contributed by atoms with Crippen LogP contribution in [0.3, 0.4) is 0 Å². The minimum absolute atomic E-state index is 0.171. The molecule has 1 atom stereocenters. The summed E-state index contributed by atoms with van der Waals surface area (Å²) in [6, 6.07) is 0. The molecule has 0 radical (unpaired) electrons. The van der Waals surface area contributed by atoms with E-state index in [1.165, 1.54) is 25.4 Å². The van der Waals surface area contributed by atoms with E-state index in [0.717, 1.165) is 19.4 Å². The average molecular weight is 298 g/mol. The summed E-state index contributed by atoms with van der Waals surface area (Å²) in [5.41, 5.74) is 6.33. The van der Waals surface area contributed by atoms with Crippen LogP contribution in [0.15, 0.2) is 0 Å². The number of aliphatic hydroxyl groups excluding tert-OH is 1. The van der Waals surface area contributed by atoms with Crippen molar-refractivity contribution in [2.45, 2.75) is 25.9 Å². The zero-order valence-corrected chi connectivity index (χ0v) is 12.3. The summed E-state index contributed by atoms with van der Waals surface area (Å²) in [7, 11) is 1.28. The van der Waals surface area contributed by atoms with E-state index < -0.39 is 12.1 Å². The highest BCUT2D eigenvalue weighted by molar-refractivity contribution is 7.19. The second kappa shape index (κ2) is 5.80. The average Bonchev–Trinajstić information content (AvgIpc) is 2.75. The Morgan fingerprint density at radius 2 is 2.20 bits per heavy atom. The normalized spacial score (nSPS) is 18.9. The lowest BCUT2D eigenvalue weighted by atomic mass is 10.1. The molecular formula is C13H18N2O4S. The maximum absolute atomic E-state index is 11.9. The van der Waals surface area contributed by atoms with E-state index in [4.69, 9.17) is 10.5 Å². The number of nitrogen functional groups attached to an aromatic ring is 1. The summed E-state index contributed by atoms with van der Waals surface area (Å²) >= 11 is 1.19. The number of ketones is 1. The van der Waals surface area contributed by atoms with Gasteiger partial charge >= 0.3 is 5.97 Å². The Bertz CT molecular complexity index is 541. The quantitative estimate of drug-likeness (QED) is 0.645. The number of aliphatic hydroxyl groups is 1. The maximum Gasteiger partial charge on any atom is 0.343 e. The first kappa shape index (κ1) is 14.8. The summed E-state index contributed by atoms with van der Waals surface area (Å²) in [6.07, 6.45) is 1.14. The third-order valence-electron chi connectivity index (χ3n) is 3.32. The number of hydrogen-bond donors (Lipinski definition) is 2. The van der Waals surface area contributed by atoms with E-state index in [1.54, 1.807) is 0 Å². The molecule has 7 heteroatoms. The molecule has 0 saturated carbocycles. The van der Waals surface area contributed by atoms with E-state index in [1.807, 2.05) is 4.90 Å². The van der Waals surface area contributed by atoms with Crippen molar-refractivity contribution >= 4 is 33.8 Å². The Kier molecular flexibility index (Phi) is 4.29. The van der Waals surface area contributed by atoms with Crippen LogP contribution in [0.1, 0.15) is 39.8 Å². The van der Waals surface area contributed by atoms with Gasteiger partial charge in [0.1, 0.15) is 10.6 Å². The number of β-amino-alcohol motifs (C(OH)–C–C–N with tert-alkyl or cyclic N) is 1. The van der Waals surface area contributed by atoms with Gasteiger partial charge < -0.3 is 20.5 Å². The minimum atomic E-state index is -0.554. The van der Waals surface area contributed by atoms with Gasteiger partial charge in [-0.25, -0.2) is 4.79 Å². The largest absolute Gasteiger partial charge is 0.465 e. The molecule has 0 spiro atoms. The van der Waals surface area contributed by atoms with Crippen LogP contribution in [0.5, 0.6) is 0 Å². The highest BCUT2D eigenvalue weighted by Crippen LogP contribution is 2.40. The first-order valence-corrected chi connectivity index (χ1v) is 7.21.